The van der Waals surface area contributed by atoms with Crippen molar-refractivity contribution in [2.24, 2.45) is 5.10 Å². The molecule has 0 saturated heterocycles. The van der Waals surface area contributed by atoms with Crippen molar-refractivity contribution in [1.82, 2.24) is 5.43 Å². The molecule has 148 valence electrons. The first-order valence-electron chi connectivity index (χ1n) is 8.75. The first-order chi connectivity index (χ1) is 13.8. The van der Waals surface area contributed by atoms with Crippen LogP contribution in [0, 0.1) is 24.0 Å². The molecule has 2 aromatic carbocycles. The number of nitrogens with one attached hydrogen (secondary N) is 1. The average Bonchev–Trinajstić information content (AvgIpc) is 3.14. The number of benzene rings is 2. The van der Waals surface area contributed by atoms with Gasteiger partial charge in [-0.15, -0.1) is 0 Å². The molecule has 0 saturated carbocycles. The van der Waals surface area contributed by atoms with Gasteiger partial charge in [-0.1, -0.05) is 29.8 Å². The van der Waals surface area contributed by atoms with Crippen LogP contribution in [-0.2, 0) is 11.2 Å². The fraction of sp³-hybridized carbons (Fsp3) is 0.143. The van der Waals surface area contributed by atoms with Crippen LogP contribution in [0.4, 0.5) is 5.69 Å². The normalized spacial score (nSPS) is 11.0. The minimum absolute atomic E-state index is 0.0542. The van der Waals surface area contributed by atoms with Crippen molar-refractivity contribution in [3.63, 3.8) is 0 Å². The lowest BCUT2D eigenvalue weighted by molar-refractivity contribution is -0.384. The number of carbonyl (C=O) groups is 1. The molecule has 0 aliphatic heterocycles. The quantitative estimate of drug-likeness (QED) is 0.357. The highest BCUT2D eigenvalue weighted by molar-refractivity contribution is 6.32. The first-order valence-corrected chi connectivity index (χ1v) is 9.13. The molecule has 1 aromatic heterocycles. The Morgan fingerprint density at radius 1 is 1.17 bits per heavy atom. The van der Waals surface area contributed by atoms with E-state index in [1.54, 1.807) is 18.2 Å². The molecule has 0 aliphatic rings. The van der Waals surface area contributed by atoms with E-state index in [4.69, 9.17) is 16.0 Å². The minimum atomic E-state index is -0.553. The number of nitro groups is 1. The molecule has 8 heteroatoms. The largest absolute Gasteiger partial charge is 0.455 e. The van der Waals surface area contributed by atoms with Crippen LogP contribution in [0.15, 0.2) is 58.0 Å². The van der Waals surface area contributed by atoms with E-state index in [1.165, 1.54) is 23.9 Å². The van der Waals surface area contributed by atoms with Gasteiger partial charge in [-0.05, 0) is 54.8 Å². The number of carbonyl (C=O) groups excluding carboxylic acids is 1. The number of nitrogens with zero attached hydrogens (tertiary/aromatic N) is 2. The minimum Gasteiger partial charge on any atom is -0.455 e. The average molecular weight is 412 g/mol. The maximum absolute atomic E-state index is 12.0. The molecule has 0 atom stereocenters. The Labute approximate surface area is 172 Å². The van der Waals surface area contributed by atoms with Gasteiger partial charge in [0.15, 0.2) is 0 Å². The third-order valence-corrected chi connectivity index (χ3v) is 4.69. The van der Waals surface area contributed by atoms with Gasteiger partial charge in [-0.2, -0.15) is 5.10 Å². The Hall–Kier alpha value is -3.45. The van der Waals surface area contributed by atoms with E-state index in [2.05, 4.69) is 10.5 Å². The predicted octanol–water partition coefficient (Wildman–Crippen LogP) is 4.82. The standard InChI is InChI=1S/C21H18ClN3O4/c1-13-3-4-15(9-14(13)2)10-21(26)24-23-12-17-6-8-20(29-17)16-5-7-18(22)19(11-16)25(27)28/h3-9,11-12H,10H2,1-2H3,(H,24,26)/b23-12-. The van der Waals surface area contributed by atoms with E-state index in [-0.39, 0.29) is 23.0 Å². The van der Waals surface area contributed by atoms with Gasteiger partial charge < -0.3 is 4.42 Å². The second-order valence-electron chi connectivity index (χ2n) is 6.51. The van der Waals surface area contributed by atoms with Crippen LogP contribution < -0.4 is 5.43 Å². The summed E-state index contributed by atoms with van der Waals surface area (Å²) in [6, 6.07) is 13.6. The van der Waals surface area contributed by atoms with E-state index >= 15 is 0 Å². The molecule has 1 N–H and O–H groups in total. The zero-order chi connectivity index (χ0) is 21.0. The topological polar surface area (TPSA) is 97.7 Å². The number of aryl methyl sites for hydroxylation is 2. The third-order valence-electron chi connectivity index (χ3n) is 4.37. The van der Waals surface area contributed by atoms with Crippen molar-refractivity contribution in [3.8, 4) is 11.3 Å². The van der Waals surface area contributed by atoms with Gasteiger partial charge in [0, 0.05) is 11.6 Å². The summed E-state index contributed by atoms with van der Waals surface area (Å²) in [6.45, 7) is 4.02. The number of hydrogen-bond acceptors (Lipinski definition) is 5. The van der Waals surface area contributed by atoms with E-state index in [0.29, 0.717) is 17.1 Å². The summed E-state index contributed by atoms with van der Waals surface area (Å²) < 4.78 is 5.61. The maximum Gasteiger partial charge on any atom is 0.288 e. The molecule has 1 amide bonds. The van der Waals surface area contributed by atoms with Crippen LogP contribution in [0.5, 0.6) is 0 Å². The van der Waals surface area contributed by atoms with Gasteiger partial charge >= 0.3 is 0 Å². The molecule has 0 unspecified atom stereocenters. The summed E-state index contributed by atoms with van der Waals surface area (Å²) in [6.07, 6.45) is 1.59. The Morgan fingerprint density at radius 3 is 2.69 bits per heavy atom. The van der Waals surface area contributed by atoms with E-state index < -0.39 is 4.92 Å². The van der Waals surface area contributed by atoms with Gasteiger partial charge in [0.1, 0.15) is 16.5 Å². The molecule has 3 aromatic rings. The van der Waals surface area contributed by atoms with Crippen molar-refractivity contribution in [3.05, 3.63) is 86.1 Å². The molecular formula is C21H18ClN3O4. The highest BCUT2D eigenvalue weighted by Crippen LogP contribution is 2.31. The summed E-state index contributed by atoms with van der Waals surface area (Å²) in [4.78, 5) is 22.5. The summed E-state index contributed by atoms with van der Waals surface area (Å²) in [7, 11) is 0. The summed E-state index contributed by atoms with van der Waals surface area (Å²) >= 11 is 5.82. The molecule has 7 nitrogen and oxygen atoms in total. The predicted molar refractivity (Wildman–Crippen MR) is 111 cm³/mol. The lowest BCUT2D eigenvalue weighted by Crippen LogP contribution is -2.19. The second-order valence-corrected chi connectivity index (χ2v) is 6.92. The molecule has 0 spiro atoms. The van der Waals surface area contributed by atoms with Crippen LogP contribution in [0.2, 0.25) is 5.02 Å². The van der Waals surface area contributed by atoms with E-state index in [0.717, 1.165) is 11.1 Å². The lowest BCUT2D eigenvalue weighted by Gasteiger charge is -2.04. The number of furan rings is 1. The molecule has 0 bridgehead atoms. The first kappa shape index (κ1) is 20.3. The number of nitro benzene ring substituents is 1. The number of hydrazone groups is 1. The van der Waals surface area contributed by atoms with Crippen LogP contribution in [0.1, 0.15) is 22.5 Å². The van der Waals surface area contributed by atoms with Gasteiger partial charge in [-0.3, -0.25) is 14.9 Å². The zero-order valence-electron chi connectivity index (χ0n) is 15.8. The molecule has 0 fully saturated rings. The van der Waals surface area contributed by atoms with Gasteiger partial charge in [-0.25, -0.2) is 5.43 Å². The van der Waals surface area contributed by atoms with Crippen LogP contribution in [0.3, 0.4) is 0 Å². The molecule has 1 heterocycles. The van der Waals surface area contributed by atoms with Gasteiger partial charge in [0.2, 0.25) is 5.91 Å². The number of rotatable bonds is 6. The molecular weight excluding hydrogens is 394 g/mol. The zero-order valence-corrected chi connectivity index (χ0v) is 16.6. The van der Waals surface area contributed by atoms with Crippen LogP contribution in [-0.4, -0.2) is 17.0 Å². The Balaban J connectivity index is 1.63. The van der Waals surface area contributed by atoms with Crippen LogP contribution >= 0.6 is 11.6 Å². The monoisotopic (exact) mass is 411 g/mol. The van der Waals surface area contributed by atoms with Crippen molar-refractivity contribution < 1.29 is 14.1 Å². The number of halogens is 1. The molecule has 0 radical (unpaired) electrons. The highest BCUT2D eigenvalue weighted by atomic mass is 35.5. The van der Waals surface area contributed by atoms with Crippen LogP contribution in [0.25, 0.3) is 11.3 Å². The fourth-order valence-corrected chi connectivity index (χ4v) is 2.88. The molecule has 0 aliphatic carbocycles. The third kappa shape index (κ3) is 5.08. The Bertz CT molecular complexity index is 1110. The smallest absolute Gasteiger partial charge is 0.288 e. The number of hydrogen-bond donors (Lipinski definition) is 1. The van der Waals surface area contributed by atoms with Crippen molar-refractivity contribution >= 4 is 29.4 Å². The van der Waals surface area contributed by atoms with Crippen molar-refractivity contribution in [2.75, 3.05) is 0 Å². The number of amides is 1. The van der Waals surface area contributed by atoms with E-state index in [9.17, 15) is 14.9 Å². The van der Waals surface area contributed by atoms with E-state index in [1.807, 2.05) is 32.0 Å². The fourth-order valence-electron chi connectivity index (χ4n) is 2.69. The second kappa shape index (κ2) is 8.70. The Morgan fingerprint density at radius 2 is 1.97 bits per heavy atom. The molecule has 29 heavy (non-hydrogen) atoms. The summed E-state index contributed by atoms with van der Waals surface area (Å²) in [5.41, 5.74) is 5.98. The SMILES string of the molecule is Cc1ccc(CC(=O)N/N=C\c2ccc(-c3ccc(Cl)c([N+](=O)[O-])c3)o2)cc1C. The highest BCUT2D eigenvalue weighted by Gasteiger charge is 2.15. The Kier molecular flexibility index (Phi) is 6.09. The van der Waals surface area contributed by atoms with Gasteiger partial charge in [0.25, 0.3) is 5.69 Å². The summed E-state index contributed by atoms with van der Waals surface area (Å²) in [5.74, 6) is 0.571. The van der Waals surface area contributed by atoms with Crippen molar-refractivity contribution in [2.45, 2.75) is 20.3 Å². The molecule has 3 rings (SSSR count). The van der Waals surface area contributed by atoms with Gasteiger partial charge in [0.05, 0.1) is 17.6 Å². The maximum atomic E-state index is 12.0. The van der Waals surface area contributed by atoms with Crippen molar-refractivity contribution in [1.29, 1.82) is 0 Å². The lowest BCUT2D eigenvalue weighted by atomic mass is 10.0. The summed E-state index contributed by atoms with van der Waals surface area (Å²) in [5, 5.41) is 15.0.